The Bertz CT molecular complexity index is 688. The van der Waals surface area contributed by atoms with Gasteiger partial charge in [-0.3, -0.25) is 4.79 Å². The van der Waals surface area contributed by atoms with Crippen LogP contribution in [-0.2, 0) is 9.53 Å². The minimum atomic E-state index is -0.00434. The van der Waals surface area contributed by atoms with Crippen molar-refractivity contribution in [3.8, 4) is 0 Å². The number of hydrogen-bond donors (Lipinski definition) is 0. The SMILES string of the molecule is C=CC1C=C2CC(=O)CC[C@@H]2C2CC[C@@]3(CC)C(CC[C@@]34C=CCO4)C12. The van der Waals surface area contributed by atoms with E-state index >= 15 is 0 Å². The summed E-state index contributed by atoms with van der Waals surface area (Å²) in [6.45, 7) is 7.39. The molecule has 0 N–H and O–H groups in total. The average Bonchev–Trinajstić information content (AvgIpc) is 3.27. The highest BCUT2D eigenvalue weighted by molar-refractivity contribution is 5.82. The molecule has 2 heteroatoms. The normalized spacial score (nSPS) is 49.5. The van der Waals surface area contributed by atoms with E-state index in [2.05, 4.69) is 37.8 Å². The van der Waals surface area contributed by atoms with E-state index in [0.717, 1.165) is 31.3 Å². The number of ketones is 1. The fraction of sp³-hybridized carbons (Fsp3) is 0.708. The van der Waals surface area contributed by atoms with Gasteiger partial charge in [-0.15, -0.1) is 6.58 Å². The summed E-state index contributed by atoms with van der Waals surface area (Å²) in [6, 6.07) is 0. The fourth-order valence-corrected chi connectivity index (χ4v) is 8.00. The standard InChI is InChI=1S/C24H32O2/c1-3-16-14-17-15-18(25)6-7-19(17)20-8-11-23(4-2)21(22(16)20)9-12-24(23)10-5-13-26-24/h3,5,10,14,16,19-22H,1,4,6-9,11-13,15H2,2H3/t16?,19-,20?,21?,22?,23-,24-/m0/s1. The van der Waals surface area contributed by atoms with Crippen LogP contribution in [0, 0.1) is 35.0 Å². The monoisotopic (exact) mass is 352 g/mol. The Hall–Kier alpha value is -1.15. The Morgan fingerprint density at radius 1 is 1.31 bits per heavy atom. The van der Waals surface area contributed by atoms with Gasteiger partial charge < -0.3 is 4.74 Å². The Kier molecular flexibility index (Phi) is 3.87. The lowest BCUT2D eigenvalue weighted by Gasteiger charge is -2.58. The lowest BCUT2D eigenvalue weighted by molar-refractivity contribution is -0.128. The van der Waals surface area contributed by atoms with Gasteiger partial charge in [0, 0.05) is 18.3 Å². The Balaban J connectivity index is 1.56. The smallest absolute Gasteiger partial charge is 0.136 e. The zero-order valence-electron chi connectivity index (χ0n) is 16.1. The maximum atomic E-state index is 12.0. The molecule has 26 heavy (non-hydrogen) atoms. The molecule has 4 aliphatic carbocycles. The van der Waals surface area contributed by atoms with Crippen molar-refractivity contribution in [2.45, 2.75) is 63.9 Å². The first-order valence-corrected chi connectivity index (χ1v) is 10.8. The van der Waals surface area contributed by atoms with Gasteiger partial charge in [-0.2, -0.15) is 0 Å². The third-order valence-electron chi connectivity index (χ3n) is 8.97. The molecule has 1 aliphatic heterocycles. The second-order valence-corrected chi connectivity index (χ2v) is 9.45. The predicted octanol–water partition coefficient (Wildman–Crippen LogP) is 5.26. The lowest BCUT2D eigenvalue weighted by atomic mass is 9.48. The Morgan fingerprint density at radius 3 is 2.92 bits per heavy atom. The molecule has 5 aliphatic rings. The molecule has 1 heterocycles. The maximum Gasteiger partial charge on any atom is 0.136 e. The summed E-state index contributed by atoms with van der Waals surface area (Å²) in [5.41, 5.74) is 1.74. The molecular formula is C24H32O2. The van der Waals surface area contributed by atoms with Crippen molar-refractivity contribution in [1.29, 1.82) is 0 Å². The summed E-state index contributed by atoms with van der Waals surface area (Å²) in [4.78, 5) is 12.0. The van der Waals surface area contributed by atoms with Gasteiger partial charge in [0.15, 0.2) is 0 Å². The van der Waals surface area contributed by atoms with Gasteiger partial charge in [0.2, 0.25) is 0 Å². The first kappa shape index (κ1) is 17.0. The molecule has 3 saturated carbocycles. The van der Waals surface area contributed by atoms with E-state index in [1.165, 1.54) is 37.7 Å². The van der Waals surface area contributed by atoms with E-state index in [1.807, 2.05) is 0 Å². The summed E-state index contributed by atoms with van der Waals surface area (Å²) < 4.78 is 6.44. The summed E-state index contributed by atoms with van der Waals surface area (Å²) in [7, 11) is 0. The molecule has 0 aromatic heterocycles. The van der Waals surface area contributed by atoms with Crippen LogP contribution in [-0.4, -0.2) is 18.0 Å². The van der Waals surface area contributed by atoms with Crippen LogP contribution in [0.5, 0.6) is 0 Å². The van der Waals surface area contributed by atoms with Gasteiger partial charge in [0.1, 0.15) is 5.78 Å². The van der Waals surface area contributed by atoms with Crippen LogP contribution in [0.25, 0.3) is 0 Å². The van der Waals surface area contributed by atoms with Crippen LogP contribution in [0.4, 0.5) is 0 Å². The molecule has 0 aromatic rings. The number of fused-ring (bicyclic) bond motifs is 6. The van der Waals surface area contributed by atoms with Crippen molar-refractivity contribution >= 4 is 5.78 Å². The number of hydrogen-bond acceptors (Lipinski definition) is 2. The molecule has 4 unspecified atom stereocenters. The second kappa shape index (κ2) is 5.92. The van der Waals surface area contributed by atoms with Gasteiger partial charge in [-0.05, 0) is 68.1 Å². The molecule has 7 atom stereocenters. The van der Waals surface area contributed by atoms with Crippen molar-refractivity contribution in [2.24, 2.45) is 35.0 Å². The quantitative estimate of drug-likeness (QED) is 0.634. The highest BCUT2D eigenvalue weighted by Gasteiger charge is 2.65. The van der Waals surface area contributed by atoms with Crippen molar-refractivity contribution in [3.05, 3.63) is 36.5 Å². The first-order valence-electron chi connectivity index (χ1n) is 10.8. The molecule has 3 fully saturated rings. The van der Waals surface area contributed by atoms with Gasteiger partial charge in [-0.1, -0.05) is 36.8 Å². The molecule has 0 saturated heterocycles. The van der Waals surface area contributed by atoms with Gasteiger partial charge >= 0.3 is 0 Å². The van der Waals surface area contributed by atoms with Crippen molar-refractivity contribution in [1.82, 2.24) is 0 Å². The van der Waals surface area contributed by atoms with Crippen LogP contribution in [0.15, 0.2) is 36.5 Å². The van der Waals surface area contributed by atoms with E-state index in [1.54, 1.807) is 0 Å². The van der Waals surface area contributed by atoms with Crippen molar-refractivity contribution < 1.29 is 9.53 Å². The molecule has 140 valence electrons. The minimum Gasteiger partial charge on any atom is -0.366 e. The zero-order valence-corrected chi connectivity index (χ0v) is 16.1. The summed E-state index contributed by atoms with van der Waals surface area (Å²) >= 11 is 0. The summed E-state index contributed by atoms with van der Waals surface area (Å²) in [5, 5.41) is 0. The fourth-order valence-electron chi connectivity index (χ4n) is 8.00. The molecule has 2 nitrogen and oxygen atoms in total. The molecule has 0 amide bonds. The minimum absolute atomic E-state index is 0.00434. The topological polar surface area (TPSA) is 26.3 Å². The van der Waals surface area contributed by atoms with Crippen LogP contribution < -0.4 is 0 Å². The molecule has 5 rings (SSSR count). The maximum absolute atomic E-state index is 12.0. The lowest BCUT2D eigenvalue weighted by Crippen LogP contribution is -2.54. The van der Waals surface area contributed by atoms with E-state index in [9.17, 15) is 4.79 Å². The van der Waals surface area contributed by atoms with Gasteiger partial charge in [0.05, 0.1) is 12.2 Å². The van der Waals surface area contributed by atoms with E-state index < -0.39 is 0 Å². The number of carbonyl (C=O) groups is 1. The number of Topliss-reactive ketones (excluding diaryl/α,β-unsaturated/α-hetero) is 1. The molecular weight excluding hydrogens is 320 g/mol. The van der Waals surface area contributed by atoms with E-state index in [4.69, 9.17) is 4.74 Å². The molecule has 0 radical (unpaired) electrons. The van der Waals surface area contributed by atoms with Crippen LogP contribution >= 0.6 is 0 Å². The van der Waals surface area contributed by atoms with Crippen molar-refractivity contribution in [2.75, 3.05) is 6.61 Å². The van der Waals surface area contributed by atoms with Crippen LogP contribution in [0.3, 0.4) is 0 Å². The third-order valence-corrected chi connectivity index (χ3v) is 8.97. The largest absolute Gasteiger partial charge is 0.366 e. The van der Waals surface area contributed by atoms with Crippen LogP contribution in [0.1, 0.15) is 58.3 Å². The zero-order chi connectivity index (χ0) is 17.9. The number of rotatable bonds is 2. The van der Waals surface area contributed by atoms with Gasteiger partial charge in [0.25, 0.3) is 0 Å². The summed E-state index contributed by atoms with van der Waals surface area (Å²) in [5.74, 6) is 3.70. The number of ether oxygens (including phenoxy) is 1. The van der Waals surface area contributed by atoms with E-state index in [0.29, 0.717) is 35.4 Å². The average molecular weight is 353 g/mol. The van der Waals surface area contributed by atoms with Crippen LogP contribution in [0.2, 0.25) is 0 Å². The Morgan fingerprint density at radius 2 is 2.19 bits per heavy atom. The first-order chi connectivity index (χ1) is 12.6. The highest BCUT2D eigenvalue weighted by atomic mass is 16.5. The number of carbonyl (C=O) groups excluding carboxylic acids is 1. The second-order valence-electron chi connectivity index (χ2n) is 9.45. The predicted molar refractivity (Wildman–Crippen MR) is 104 cm³/mol. The molecule has 1 spiro atoms. The molecule has 0 bridgehead atoms. The molecule has 0 aromatic carbocycles. The highest BCUT2D eigenvalue weighted by Crippen LogP contribution is 2.68. The summed E-state index contributed by atoms with van der Waals surface area (Å²) in [6.07, 6.45) is 18.2. The van der Waals surface area contributed by atoms with Gasteiger partial charge in [-0.25, -0.2) is 0 Å². The van der Waals surface area contributed by atoms with Crippen molar-refractivity contribution in [3.63, 3.8) is 0 Å². The third kappa shape index (κ3) is 2.06. The van der Waals surface area contributed by atoms with E-state index in [-0.39, 0.29) is 5.60 Å². The Labute approximate surface area is 157 Å². The number of allylic oxidation sites excluding steroid dienone is 3.